The fraction of sp³-hybridized carbons (Fsp3) is 0.130. The number of rotatable bonds is 7. The van der Waals surface area contributed by atoms with Crippen LogP contribution in [-0.2, 0) is 13.2 Å². The summed E-state index contributed by atoms with van der Waals surface area (Å²) in [4.78, 5) is 15.4. The lowest BCUT2D eigenvalue weighted by atomic mass is 10.1. The average Bonchev–Trinajstić information content (AvgIpc) is 3.17. The standard InChI is InChI=1S/C23H18F2N2O4S/c1-12-4-16(30-9-13-6-15(24)2-3-19(13)25)7-17(5-12)31-10-14-11-32-21-18(23(28)29)8-27-22(26)20(14)21/h2-8,11H,9-10H2,1H3,(H2,26,27)(H,28,29). The molecule has 4 aromatic rings. The number of carboxylic acid groups (broad SMARTS) is 1. The van der Waals surface area contributed by atoms with Gasteiger partial charge < -0.3 is 20.3 Å². The number of carboxylic acids is 1. The number of halogens is 2. The minimum Gasteiger partial charge on any atom is -0.489 e. The van der Waals surface area contributed by atoms with Crippen LogP contribution >= 0.6 is 11.3 Å². The SMILES string of the molecule is Cc1cc(OCc2cc(F)ccc2F)cc(OCc2csc3c(C(=O)O)cnc(N)c23)c1. The molecule has 0 bridgehead atoms. The predicted molar refractivity (Wildman–Crippen MR) is 117 cm³/mol. The molecule has 32 heavy (non-hydrogen) atoms. The highest BCUT2D eigenvalue weighted by Crippen LogP contribution is 2.33. The number of hydrogen-bond acceptors (Lipinski definition) is 6. The Morgan fingerprint density at radius 3 is 2.47 bits per heavy atom. The molecule has 9 heteroatoms. The van der Waals surface area contributed by atoms with E-state index in [9.17, 15) is 18.7 Å². The molecule has 0 fully saturated rings. The molecule has 0 saturated carbocycles. The monoisotopic (exact) mass is 456 g/mol. The van der Waals surface area contributed by atoms with Crippen molar-refractivity contribution in [2.75, 3.05) is 5.73 Å². The molecule has 2 heterocycles. The lowest BCUT2D eigenvalue weighted by Crippen LogP contribution is -2.02. The van der Waals surface area contributed by atoms with Crippen LogP contribution in [0.15, 0.2) is 48.0 Å². The van der Waals surface area contributed by atoms with E-state index in [2.05, 4.69) is 4.98 Å². The number of nitrogens with two attached hydrogens (primary N) is 1. The smallest absolute Gasteiger partial charge is 0.338 e. The largest absolute Gasteiger partial charge is 0.489 e. The summed E-state index contributed by atoms with van der Waals surface area (Å²) in [6.07, 6.45) is 1.24. The molecular weight excluding hydrogens is 438 g/mol. The van der Waals surface area contributed by atoms with Gasteiger partial charge in [0.05, 0.1) is 10.3 Å². The van der Waals surface area contributed by atoms with E-state index in [1.165, 1.54) is 17.5 Å². The lowest BCUT2D eigenvalue weighted by Gasteiger charge is -2.12. The molecule has 0 amide bonds. The first-order valence-corrected chi connectivity index (χ1v) is 10.4. The summed E-state index contributed by atoms with van der Waals surface area (Å²) in [7, 11) is 0. The molecule has 0 aliphatic rings. The second-order valence-corrected chi connectivity index (χ2v) is 8.00. The van der Waals surface area contributed by atoms with Crippen molar-refractivity contribution in [1.82, 2.24) is 4.98 Å². The van der Waals surface area contributed by atoms with Gasteiger partial charge in [-0.3, -0.25) is 0 Å². The summed E-state index contributed by atoms with van der Waals surface area (Å²) in [6.45, 7) is 1.85. The van der Waals surface area contributed by atoms with Gasteiger partial charge in [-0.25, -0.2) is 18.6 Å². The Morgan fingerprint density at radius 2 is 1.78 bits per heavy atom. The van der Waals surface area contributed by atoms with Gasteiger partial charge in [0.2, 0.25) is 0 Å². The highest BCUT2D eigenvalue weighted by atomic mass is 32.1. The molecular formula is C23H18F2N2O4S. The zero-order valence-corrected chi connectivity index (χ0v) is 17.7. The zero-order chi connectivity index (χ0) is 22.8. The third-order valence-electron chi connectivity index (χ3n) is 4.75. The van der Waals surface area contributed by atoms with E-state index < -0.39 is 17.6 Å². The Balaban J connectivity index is 1.52. The first-order chi connectivity index (χ1) is 15.3. The molecule has 0 spiro atoms. The van der Waals surface area contributed by atoms with Crippen LogP contribution in [0.1, 0.15) is 27.0 Å². The van der Waals surface area contributed by atoms with Gasteiger partial charge in [-0.1, -0.05) is 0 Å². The first-order valence-electron chi connectivity index (χ1n) is 9.51. The van der Waals surface area contributed by atoms with Crippen LogP contribution in [0.3, 0.4) is 0 Å². The molecule has 2 aromatic carbocycles. The number of aryl methyl sites for hydroxylation is 1. The molecule has 3 N–H and O–H groups in total. The van der Waals surface area contributed by atoms with Crippen LogP contribution in [0.5, 0.6) is 11.5 Å². The van der Waals surface area contributed by atoms with E-state index in [4.69, 9.17) is 15.2 Å². The van der Waals surface area contributed by atoms with Crippen molar-refractivity contribution in [3.63, 3.8) is 0 Å². The highest BCUT2D eigenvalue weighted by Gasteiger charge is 2.17. The summed E-state index contributed by atoms with van der Waals surface area (Å²) in [5.41, 5.74) is 7.73. The second-order valence-electron chi connectivity index (χ2n) is 7.12. The number of pyridine rings is 1. The van der Waals surface area contributed by atoms with Crippen LogP contribution in [0.4, 0.5) is 14.6 Å². The number of fused-ring (bicyclic) bond motifs is 1. The topological polar surface area (TPSA) is 94.7 Å². The van der Waals surface area contributed by atoms with Crippen LogP contribution in [0.25, 0.3) is 10.1 Å². The van der Waals surface area contributed by atoms with E-state index in [1.807, 2.05) is 6.92 Å². The van der Waals surface area contributed by atoms with Crippen LogP contribution in [0, 0.1) is 18.6 Å². The number of ether oxygens (including phenoxy) is 2. The fourth-order valence-electron chi connectivity index (χ4n) is 3.25. The van der Waals surface area contributed by atoms with Gasteiger partial charge in [-0.05, 0) is 48.2 Å². The summed E-state index contributed by atoms with van der Waals surface area (Å²) in [5, 5.41) is 11.7. The number of hydrogen-bond donors (Lipinski definition) is 2. The number of nitrogen functional groups attached to an aromatic ring is 1. The van der Waals surface area contributed by atoms with Gasteiger partial charge in [0.15, 0.2) is 0 Å². The number of carbonyl (C=O) groups is 1. The second kappa shape index (κ2) is 8.80. The predicted octanol–water partition coefficient (Wildman–Crippen LogP) is 5.32. The van der Waals surface area contributed by atoms with Crippen LogP contribution in [-0.4, -0.2) is 16.1 Å². The van der Waals surface area contributed by atoms with Gasteiger partial charge in [0.1, 0.15) is 42.2 Å². The van der Waals surface area contributed by atoms with E-state index >= 15 is 0 Å². The molecule has 0 aliphatic heterocycles. The van der Waals surface area contributed by atoms with E-state index in [0.29, 0.717) is 27.1 Å². The average molecular weight is 456 g/mol. The van der Waals surface area contributed by atoms with Gasteiger partial charge in [-0.15, -0.1) is 11.3 Å². The van der Waals surface area contributed by atoms with Crippen LogP contribution in [0.2, 0.25) is 0 Å². The molecule has 0 radical (unpaired) electrons. The van der Waals surface area contributed by atoms with Crippen molar-refractivity contribution < 1.29 is 28.2 Å². The lowest BCUT2D eigenvalue weighted by molar-refractivity contribution is 0.0699. The number of thiophene rings is 1. The fourth-order valence-corrected chi connectivity index (χ4v) is 4.31. The molecule has 6 nitrogen and oxygen atoms in total. The van der Waals surface area contributed by atoms with Gasteiger partial charge in [0.25, 0.3) is 0 Å². The normalized spacial score (nSPS) is 11.0. The maximum atomic E-state index is 13.8. The molecule has 0 atom stereocenters. The summed E-state index contributed by atoms with van der Waals surface area (Å²) in [6, 6.07) is 8.39. The van der Waals surface area contributed by atoms with Crippen molar-refractivity contribution in [3.8, 4) is 11.5 Å². The molecule has 4 rings (SSSR count). The third kappa shape index (κ3) is 4.47. The maximum Gasteiger partial charge on any atom is 0.338 e. The van der Waals surface area contributed by atoms with Crippen LogP contribution < -0.4 is 15.2 Å². The van der Waals surface area contributed by atoms with Crippen molar-refractivity contribution in [2.24, 2.45) is 0 Å². The zero-order valence-electron chi connectivity index (χ0n) is 16.9. The minimum atomic E-state index is -1.08. The summed E-state index contributed by atoms with van der Waals surface area (Å²) >= 11 is 1.26. The Morgan fingerprint density at radius 1 is 1.09 bits per heavy atom. The Kier molecular flexibility index (Phi) is 5.91. The number of aromatic carboxylic acids is 1. The molecule has 2 aromatic heterocycles. The molecule has 0 unspecified atom stereocenters. The van der Waals surface area contributed by atoms with Gasteiger partial charge >= 0.3 is 5.97 Å². The van der Waals surface area contributed by atoms with Gasteiger partial charge in [0, 0.05) is 28.8 Å². The number of nitrogens with zero attached hydrogens (tertiary/aromatic N) is 1. The molecule has 0 aliphatic carbocycles. The number of anilines is 1. The Labute approximate surface area is 185 Å². The minimum absolute atomic E-state index is 0.0845. The van der Waals surface area contributed by atoms with Crippen molar-refractivity contribution in [2.45, 2.75) is 20.1 Å². The maximum absolute atomic E-state index is 13.8. The first kappa shape index (κ1) is 21.5. The van der Waals surface area contributed by atoms with Crippen molar-refractivity contribution >= 4 is 33.2 Å². The molecule has 0 saturated heterocycles. The molecule has 164 valence electrons. The number of aromatic nitrogens is 1. The summed E-state index contributed by atoms with van der Waals surface area (Å²) < 4.78 is 39.2. The van der Waals surface area contributed by atoms with E-state index in [-0.39, 0.29) is 30.2 Å². The summed E-state index contributed by atoms with van der Waals surface area (Å²) in [5.74, 6) is -0.997. The third-order valence-corrected chi connectivity index (χ3v) is 5.81. The highest BCUT2D eigenvalue weighted by molar-refractivity contribution is 7.17. The van der Waals surface area contributed by atoms with Crippen molar-refractivity contribution in [1.29, 1.82) is 0 Å². The van der Waals surface area contributed by atoms with Crippen molar-refractivity contribution in [3.05, 3.63) is 81.9 Å². The number of benzene rings is 2. The van der Waals surface area contributed by atoms with Gasteiger partial charge in [-0.2, -0.15) is 0 Å². The Bertz CT molecular complexity index is 1320. The quantitative estimate of drug-likeness (QED) is 0.391. The Hall–Kier alpha value is -3.72. The van der Waals surface area contributed by atoms with E-state index in [1.54, 1.807) is 23.6 Å². The van der Waals surface area contributed by atoms with E-state index in [0.717, 1.165) is 23.8 Å².